The van der Waals surface area contributed by atoms with Gasteiger partial charge in [-0.05, 0) is 6.07 Å². The van der Waals surface area contributed by atoms with E-state index < -0.39 is 5.63 Å². The van der Waals surface area contributed by atoms with Crippen LogP contribution in [0.2, 0.25) is 5.02 Å². The molecule has 0 atom stereocenters. The van der Waals surface area contributed by atoms with E-state index >= 15 is 0 Å². The van der Waals surface area contributed by atoms with Crippen LogP contribution < -0.4 is 5.63 Å². The smallest absolute Gasteiger partial charge is 0.339 e. The quantitative estimate of drug-likeness (QED) is 0.759. The predicted octanol–water partition coefficient (Wildman–Crippen LogP) is 2.29. The van der Waals surface area contributed by atoms with Crippen LogP contribution in [-0.2, 0) is 0 Å². The van der Waals surface area contributed by atoms with E-state index in [0.29, 0.717) is 10.7 Å². The second-order valence-electron chi connectivity index (χ2n) is 2.56. The van der Waals surface area contributed by atoms with Gasteiger partial charge >= 0.3 is 5.63 Å². The maximum Gasteiger partial charge on any atom is 0.357 e. The predicted molar refractivity (Wildman–Crippen MR) is 49.8 cm³/mol. The van der Waals surface area contributed by atoms with Gasteiger partial charge in [0.15, 0.2) is 0 Å². The normalized spacial score (nSPS) is 10.2. The first-order valence-electron chi connectivity index (χ1n) is 3.71. The Morgan fingerprint density at radius 1 is 1.31 bits per heavy atom. The summed E-state index contributed by atoms with van der Waals surface area (Å²) in [7, 11) is 0. The summed E-state index contributed by atoms with van der Waals surface area (Å²) < 4.78 is 4.53. The Kier molecular flexibility index (Phi) is 1.94. The van der Waals surface area contributed by atoms with Gasteiger partial charge in [-0.3, -0.25) is 0 Å². The van der Waals surface area contributed by atoms with Crippen molar-refractivity contribution in [3.8, 4) is 11.3 Å². The second-order valence-corrected chi connectivity index (χ2v) is 2.97. The number of hydrogen-bond acceptors (Lipinski definition) is 2. The van der Waals surface area contributed by atoms with Crippen LogP contribution in [0.25, 0.3) is 11.3 Å². The minimum absolute atomic E-state index is 0.407. The van der Waals surface area contributed by atoms with Gasteiger partial charge in [0.25, 0.3) is 0 Å². The van der Waals surface area contributed by atoms with E-state index in [4.69, 9.17) is 11.6 Å². The number of hydrogen-bond donors (Lipinski definition) is 1. The molecule has 0 unspecified atom stereocenters. The van der Waals surface area contributed by atoms with Crippen molar-refractivity contribution in [2.24, 2.45) is 0 Å². The summed E-state index contributed by atoms with van der Waals surface area (Å²) in [6, 6.07) is 8.59. The molecule has 4 heteroatoms. The number of aromatic amines is 1. The fourth-order valence-electron chi connectivity index (χ4n) is 1.09. The van der Waals surface area contributed by atoms with E-state index in [1.54, 1.807) is 6.07 Å². The molecule has 0 aliphatic carbocycles. The summed E-state index contributed by atoms with van der Waals surface area (Å²) >= 11 is 5.90. The largest absolute Gasteiger partial charge is 0.357 e. The molecule has 0 amide bonds. The van der Waals surface area contributed by atoms with Crippen LogP contribution in [0.1, 0.15) is 0 Å². The van der Waals surface area contributed by atoms with Gasteiger partial charge in [0.2, 0.25) is 0 Å². The summed E-state index contributed by atoms with van der Waals surface area (Å²) in [5, 5.41) is 3.07. The van der Waals surface area contributed by atoms with Crippen LogP contribution in [0.3, 0.4) is 0 Å². The first-order valence-corrected chi connectivity index (χ1v) is 4.08. The van der Waals surface area contributed by atoms with Crippen molar-refractivity contribution >= 4 is 11.6 Å². The van der Waals surface area contributed by atoms with Crippen LogP contribution in [0, 0.1) is 0 Å². The lowest BCUT2D eigenvalue weighted by atomic mass is 10.1. The average Bonchev–Trinajstić information content (AvgIpc) is 2.53. The van der Waals surface area contributed by atoms with E-state index in [1.807, 2.05) is 18.2 Å². The molecule has 0 bridgehead atoms. The zero-order valence-electron chi connectivity index (χ0n) is 6.58. The summed E-state index contributed by atoms with van der Waals surface area (Å²) in [5.41, 5.74) is 0.945. The molecule has 2 rings (SSSR count). The zero-order chi connectivity index (χ0) is 9.26. The van der Waals surface area contributed by atoms with Crippen LogP contribution in [-0.4, -0.2) is 5.16 Å². The van der Waals surface area contributed by atoms with Gasteiger partial charge in [-0.1, -0.05) is 29.8 Å². The van der Waals surface area contributed by atoms with Crippen molar-refractivity contribution in [1.82, 2.24) is 5.16 Å². The standard InChI is InChI=1S/C9H6ClNO2/c10-7-4-2-1-3-6(7)8-5-9(12)13-11-8/h1-5,11H. The third kappa shape index (κ3) is 1.51. The number of rotatable bonds is 1. The van der Waals surface area contributed by atoms with Crippen molar-refractivity contribution in [3.05, 3.63) is 45.8 Å². The van der Waals surface area contributed by atoms with Gasteiger partial charge in [0.1, 0.15) is 0 Å². The molecule has 2 aromatic rings. The third-order valence-corrected chi connectivity index (χ3v) is 2.02. The van der Waals surface area contributed by atoms with Crippen molar-refractivity contribution in [1.29, 1.82) is 0 Å². The highest BCUT2D eigenvalue weighted by atomic mass is 35.5. The van der Waals surface area contributed by atoms with Crippen LogP contribution in [0.15, 0.2) is 39.6 Å². The summed E-state index contributed by atoms with van der Waals surface area (Å²) in [4.78, 5) is 10.7. The molecule has 1 aromatic carbocycles. The maximum absolute atomic E-state index is 10.7. The fourth-order valence-corrected chi connectivity index (χ4v) is 1.33. The SMILES string of the molecule is O=c1cc(-c2ccccc2Cl)[nH]o1. The number of benzene rings is 1. The molecular weight excluding hydrogens is 190 g/mol. The number of halogens is 1. The molecule has 1 heterocycles. The van der Waals surface area contributed by atoms with E-state index in [1.165, 1.54) is 6.07 Å². The molecule has 1 aromatic heterocycles. The molecule has 3 nitrogen and oxygen atoms in total. The molecule has 0 saturated carbocycles. The van der Waals surface area contributed by atoms with Crippen molar-refractivity contribution in [2.45, 2.75) is 0 Å². The topological polar surface area (TPSA) is 46.0 Å². The Balaban J connectivity index is 2.58. The number of H-pyrrole nitrogens is 1. The highest BCUT2D eigenvalue weighted by Crippen LogP contribution is 2.24. The molecule has 0 aliphatic rings. The third-order valence-electron chi connectivity index (χ3n) is 1.69. The Labute approximate surface area is 78.9 Å². The fraction of sp³-hybridized carbons (Fsp3) is 0. The maximum atomic E-state index is 10.7. The van der Waals surface area contributed by atoms with Gasteiger partial charge in [-0.2, -0.15) is 0 Å². The first-order chi connectivity index (χ1) is 6.27. The van der Waals surface area contributed by atoms with E-state index in [-0.39, 0.29) is 0 Å². The monoisotopic (exact) mass is 195 g/mol. The second kappa shape index (κ2) is 3.11. The molecule has 1 N–H and O–H groups in total. The van der Waals surface area contributed by atoms with E-state index in [9.17, 15) is 4.79 Å². The minimum atomic E-state index is -0.407. The molecule has 0 aliphatic heterocycles. The van der Waals surface area contributed by atoms with Gasteiger partial charge in [-0.25, -0.2) is 9.95 Å². The molecule has 0 saturated heterocycles. The minimum Gasteiger partial charge on any atom is -0.339 e. The Hall–Kier alpha value is -1.48. The summed E-state index contributed by atoms with van der Waals surface area (Å²) in [6.07, 6.45) is 0. The van der Waals surface area contributed by atoms with Crippen molar-refractivity contribution in [2.75, 3.05) is 0 Å². The van der Waals surface area contributed by atoms with Gasteiger partial charge in [0.05, 0.1) is 11.8 Å². The highest BCUT2D eigenvalue weighted by Gasteiger charge is 2.04. The molecule has 0 spiro atoms. The van der Waals surface area contributed by atoms with E-state index in [0.717, 1.165) is 5.56 Å². The molecule has 13 heavy (non-hydrogen) atoms. The molecule has 0 radical (unpaired) electrons. The van der Waals surface area contributed by atoms with Gasteiger partial charge in [-0.15, -0.1) is 0 Å². The molecule has 0 fully saturated rings. The summed E-state index contributed by atoms with van der Waals surface area (Å²) in [6.45, 7) is 0. The molecule has 66 valence electrons. The lowest BCUT2D eigenvalue weighted by molar-refractivity contribution is 0.394. The Bertz CT molecular complexity index is 472. The van der Waals surface area contributed by atoms with E-state index in [2.05, 4.69) is 9.68 Å². The van der Waals surface area contributed by atoms with Crippen LogP contribution >= 0.6 is 11.6 Å². The Morgan fingerprint density at radius 2 is 2.08 bits per heavy atom. The first kappa shape index (κ1) is 8.13. The number of aromatic nitrogens is 1. The average molecular weight is 196 g/mol. The molecular formula is C9H6ClNO2. The number of nitrogens with one attached hydrogen (secondary N) is 1. The van der Waals surface area contributed by atoms with Crippen LogP contribution in [0.5, 0.6) is 0 Å². The van der Waals surface area contributed by atoms with Crippen molar-refractivity contribution < 1.29 is 4.52 Å². The lowest BCUT2D eigenvalue weighted by Crippen LogP contribution is -1.85. The van der Waals surface area contributed by atoms with Crippen LogP contribution in [0.4, 0.5) is 0 Å². The lowest BCUT2D eigenvalue weighted by Gasteiger charge is -1.97. The summed E-state index contributed by atoms with van der Waals surface area (Å²) in [5.74, 6) is 0. The van der Waals surface area contributed by atoms with Crippen molar-refractivity contribution in [3.63, 3.8) is 0 Å². The highest BCUT2D eigenvalue weighted by molar-refractivity contribution is 6.33. The van der Waals surface area contributed by atoms with Gasteiger partial charge < -0.3 is 4.52 Å². The zero-order valence-corrected chi connectivity index (χ0v) is 7.34. The van der Waals surface area contributed by atoms with Gasteiger partial charge in [0, 0.05) is 10.6 Å². The Morgan fingerprint density at radius 3 is 2.69 bits per heavy atom.